The topological polar surface area (TPSA) is 150 Å². The van der Waals surface area contributed by atoms with Gasteiger partial charge in [0, 0.05) is 73.6 Å². The number of piperazine rings is 1. The maximum absolute atomic E-state index is 13.1. The summed E-state index contributed by atoms with van der Waals surface area (Å²) >= 11 is 6.02. The molecule has 1 unspecified atom stereocenters. The van der Waals surface area contributed by atoms with Crippen LogP contribution in [0.2, 0.25) is 5.02 Å². The van der Waals surface area contributed by atoms with Crippen LogP contribution < -0.4 is 15.4 Å². The number of ether oxygens (including phenoxy) is 2. The Morgan fingerprint density at radius 2 is 1.74 bits per heavy atom. The first-order valence-electron chi connectivity index (χ1n) is 20.4. The number of amides is 2. The Morgan fingerprint density at radius 1 is 1.03 bits per heavy atom. The zero-order chi connectivity index (χ0) is 45.1. The second kappa shape index (κ2) is 24.4. The number of hydrogen-bond acceptors (Lipinski definition) is 10. The summed E-state index contributed by atoms with van der Waals surface area (Å²) < 4.78 is 50.6. The van der Waals surface area contributed by atoms with Crippen molar-refractivity contribution in [1.82, 2.24) is 25.4 Å². The van der Waals surface area contributed by atoms with E-state index in [9.17, 15) is 33.0 Å². The van der Waals surface area contributed by atoms with E-state index in [1.165, 1.54) is 31.1 Å². The molecule has 0 spiro atoms. The van der Waals surface area contributed by atoms with Crippen molar-refractivity contribution in [3.63, 3.8) is 0 Å². The third-order valence-corrected chi connectivity index (χ3v) is 9.85. The summed E-state index contributed by atoms with van der Waals surface area (Å²) in [5.41, 5.74) is 1.76. The van der Waals surface area contributed by atoms with Crippen molar-refractivity contribution in [1.29, 1.82) is 0 Å². The van der Waals surface area contributed by atoms with Gasteiger partial charge in [-0.3, -0.25) is 24.4 Å². The van der Waals surface area contributed by atoms with Crippen molar-refractivity contribution in [3.05, 3.63) is 126 Å². The molecule has 4 N–H and O–H groups in total. The summed E-state index contributed by atoms with van der Waals surface area (Å²) in [6.45, 7) is 12.9. The van der Waals surface area contributed by atoms with Crippen LogP contribution in [0, 0.1) is 5.92 Å². The van der Waals surface area contributed by atoms with Crippen LogP contribution in [0.1, 0.15) is 50.5 Å². The number of nitrogens with zero attached hydrogens (tertiary/aromatic N) is 3. The lowest BCUT2D eigenvalue weighted by Gasteiger charge is -2.36. The molecule has 1 saturated heterocycles. The van der Waals surface area contributed by atoms with E-state index in [1.807, 2.05) is 73.7 Å². The number of rotatable bonds is 16. The number of alkyl halides is 3. The van der Waals surface area contributed by atoms with Crippen molar-refractivity contribution >= 4 is 29.7 Å². The van der Waals surface area contributed by atoms with Gasteiger partial charge in [0.15, 0.2) is 0 Å². The summed E-state index contributed by atoms with van der Waals surface area (Å²) in [4.78, 5) is 31.0. The average Bonchev–Trinajstić information content (AvgIpc) is 3.71. The van der Waals surface area contributed by atoms with Crippen molar-refractivity contribution in [2.45, 2.75) is 64.5 Å². The van der Waals surface area contributed by atoms with Gasteiger partial charge in [-0.25, -0.2) is 0 Å². The summed E-state index contributed by atoms with van der Waals surface area (Å²) in [6.07, 6.45) is 3.17. The number of nitrogens with one attached hydrogen (secondary N) is 2. The monoisotopic (exact) mass is 883 g/mol. The minimum atomic E-state index is -4.29. The highest BCUT2D eigenvalue weighted by Gasteiger charge is 2.29. The first kappa shape index (κ1) is 49.5. The van der Waals surface area contributed by atoms with E-state index in [0.29, 0.717) is 41.8 Å². The summed E-state index contributed by atoms with van der Waals surface area (Å²) in [7, 11) is 0. The van der Waals surface area contributed by atoms with Gasteiger partial charge in [-0.1, -0.05) is 36.4 Å². The van der Waals surface area contributed by atoms with E-state index >= 15 is 0 Å². The smallest absolute Gasteiger partial charge is 0.405 e. The number of carbonyl (C=O) groups excluding carboxylic acids is 2. The predicted octanol–water partition coefficient (Wildman–Crippen LogP) is 7.26. The number of benzene rings is 2. The molecule has 2 amide bonds. The molecular formula is C46H57ClF3N5O7. The number of β-amino-alcohol motifs (C(OH)–C–C–N with tert-alkyl or cyclic N) is 1. The fraction of sp³-hybridized carbons (Fsp3) is 0.413. The molecule has 0 radical (unpaired) electrons. The van der Waals surface area contributed by atoms with Crippen LogP contribution in [0.15, 0.2) is 108 Å². The van der Waals surface area contributed by atoms with Crippen LogP contribution >= 0.6 is 11.6 Å². The van der Waals surface area contributed by atoms with Crippen LogP contribution in [0.4, 0.5) is 13.2 Å². The van der Waals surface area contributed by atoms with Gasteiger partial charge in [0.05, 0.1) is 19.3 Å². The molecule has 2 aromatic carbocycles. The summed E-state index contributed by atoms with van der Waals surface area (Å²) in [5.74, 6) is 2.83. The Morgan fingerprint density at radius 3 is 2.35 bits per heavy atom. The predicted molar refractivity (Wildman–Crippen MR) is 233 cm³/mol. The fourth-order valence-corrected chi connectivity index (χ4v) is 6.83. The molecule has 1 fully saturated rings. The highest BCUT2D eigenvalue weighted by molar-refractivity contribution is 6.30. The molecule has 2 aliphatic rings. The molecule has 16 heteroatoms. The number of aliphatic hydroxyl groups excluding tert-OH is 1. The maximum atomic E-state index is 13.1. The fourth-order valence-electron chi connectivity index (χ4n) is 6.70. The molecule has 4 heterocycles. The van der Waals surface area contributed by atoms with Gasteiger partial charge in [-0.15, -0.1) is 0 Å². The summed E-state index contributed by atoms with van der Waals surface area (Å²) in [5, 5.41) is 26.1. The number of fused-ring (bicyclic) bond motifs is 1. The lowest BCUT2D eigenvalue weighted by Crippen LogP contribution is -2.50. The van der Waals surface area contributed by atoms with Gasteiger partial charge in [0.2, 0.25) is 12.3 Å². The lowest BCUT2D eigenvalue weighted by molar-refractivity contribution is -0.132. The zero-order valence-electron chi connectivity index (χ0n) is 35.4. The van der Waals surface area contributed by atoms with Crippen LogP contribution in [-0.4, -0.2) is 108 Å². The molecule has 0 bridgehead atoms. The van der Waals surface area contributed by atoms with Crippen LogP contribution in [0.3, 0.4) is 0 Å². The van der Waals surface area contributed by atoms with Gasteiger partial charge >= 0.3 is 6.18 Å². The molecule has 12 nitrogen and oxygen atoms in total. The first-order chi connectivity index (χ1) is 29.5. The summed E-state index contributed by atoms with van der Waals surface area (Å²) in [6, 6.07) is 23.2. The van der Waals surface area contributed by atoms with Crippen molar-refractivity contribution < 1.29 is 46.9 Å². The quantitative estimate of drug-likeness (QED) is 0.0515. The number of aromatic nitrogens is 1. The molecule has 2 atom stereocenters. The van der Waals surface area contributed by atoms with Gasteiger partial charge in [-0.2, -0.15) is 13.2 Å². The van der Waals surface area contributed by atoms with E-state index < -0.39 is 30.5 Å². The number of pyridine rings is 1. The number of aliphatic hydroxyl groups is 2. The number of allylic oxidation sites excluding steroid dienone is 1. The molecule has 4 aromatic rings. The Hall–Kier alpha value is -5.19. The van der Waals surface area contributed by atoms with Crippen LogP contribution in [0.5, 0.6) is 5.75 Å². The normalized spacial score (nSPS) is 15.5. The van der Waals surface area contributed by atoms with E-state index in [0.717, 1.165) is 61.8 Å². The van der Waals surface area contributed by atoms with Crippen LogP contribution in [-0.2, 0) is 27.2 Å². The number of halogens is 4. The first-order valence-corrected chi connectivity index (χ1v) is 20.8. The number of aryl methyl sites for hydroxylation is 1. The second-order valence-corrected chi connectivity index (χ2v) is 15.8. The van der Waals surface area contributed by atoms with E-state index in [2.05, 4.69) is 38.8 Å². The largest absolute Gasteiger partial charge is 0.493 e. The highest BCUT2D eigenvalue weighted by Crippen LogP contribution is 2.26. The Labute approximate surface area is 366 Å². The molecule has 0 aliphatic carbocycles. The van der Waals surface area contributed by atoms with Crippen LogP contribution in [0.25, 0.3) is 17.1 Å². The Balaban J connectivity index is 0.000000384. The van der Waals surface area contributed by atoms with Gasteiger partial charge < -0.3 is 34.7 Å². The van der Waals surface area contributed by atoms with Crippen molar-refractivity contribution in [2.75, 3.05) is 52.4 Å². The van der Waals surface area contributed by atoms with Gasteiger partial charge in [-0.05, 0) is 106 Å². The lowest BCUT2D eigenvalue weighted by atomic mass is 9.94. The van der Waals surface area contributed by atoms with Gasteiger partial charge in [0.1, 0.15) is 41.1 Å². The van der Waals surface area contributed by atoms with E-state index in [4.69, 9.17) is 25.5 Å². The molecular weight excluding hydrogens is 827 g/mol. The zero-order valence-corrected chi connectivity index (χ0v) is 36.1. The molecule has 62 heavy (non-hydrogen) atoms. The van der Waals surface area contributed by atoms with E-state index in [-0.39, 0.29) is 18.7 Å². The average molecular weight is 884 g/mol. The molecule has 6 rings (SSSR count). The molecule has 0 saturated carbocycles. The Bertz CT molecular complexity index is 1990. The number of hydrogen-bond donors (Lipinski definition) is 4. The number of furan rings is 1. The SMILES string of the molecule is C=C(CN1CCN(C[C@@H](O)CC(Cc2ccc(-c3cccnc3)o2)C(=O)NC(C)(C)O)CC1)O/C(=C\C)c1ccc(Cl)cc1.O=CNCC(F)(F)F.c1ccc2c(c1)CCCO2. The van der Waals surface area contributed by atoms with Gasteiger partial charge in [0.25, 0.3) is 0 Å². The third-order valence-electron chi connectivity index (χ3n) is 9.60. The molecule has 336 valence electrons. The standard InChI is InChI=1S/C34H43ClN4O5.C9H10O.C3H4F3NO/c1-5-31(25-8-10-28(35)11-9-25)43-24(2)22-38-15-17-39(18-16-38)23-29(40)19-27(33(41)37-34(3,4)42)20-30-12-13-32(44-30)26-7-6-14-36-21-26;1-2-6-9-8(4-1)5-3-7-10-9;4-3(5,6)1-7-2-8/h5-14,21,27,29,40,42H,2,15-20,22-23H2,1,3-4H3,(H,37,41);1-2,4,6H,3,5,7H2;2H,1H2,(H,7,8)/b31-5-;;/t27?,29-;;/m0../s1. The Kier molecular flexibility index (Phi) is 19.5. The van der Waals surface area contributed by atoms with Crippen molar-refractivity contribution in [3.8, 4) is 17.1 Å². The van der Waals surface area contributed by atoms with E-state index in [1.54, 1.807) is 12.4 Å². The minimum Gasteiger partial charge on any atom is -0.493 e. The maximum Gasteiger partial charge on any atom is 0.405 e. The third kappa shape index (κ3) is 18.0. The second-order valence-electron chi connectivity index (χ2n) is 15.4. The number of para-hydroxylation sites is 1. The minimum absolute atomic E-state index is 0.00743. The highest BCUT2D eigenvalue weighted by atomic mass is 35.5. The van der Waals surface area contributed by atoms with Crippen molar-refractivity contribution in [2.24, 2.45) is 5.92 Å². The molecule has 2 aliphatic heterocycles. The molecule has 2 aromatic heterocycles. The number of carbonyl (C=O) groups is 2.